The van der Waals surface area contributed by atoms with E-state index in [1.54, 1.807) is 6.26 Å². The molecular formula is C27H40O3. The van der Waals surface area contributed by atoms with Gasteiger partial charge in [0.2, 0.25) is 0 Å². The number of furan rings is 1. The Bertz CT molecular complexity index is 776. The molecule has 3 nitrogen and oxygen atoms in total. The Morgan fingerprint density at radius 1 is 1.10 bits per heavy atom. The molecule has 30 heavy (non-hydrogen) atoms. The number of fused-ring (bicyclic) bond motifs is 3. The predicted molar refractivity (Wildman–Crippen MR) is 120 cm³/mol. The fraction of sp³-hybridized carbons (Fsp3) is 0.741. The third-order valence-electron chi connectivity index (χ3n) is 9.80. The summed E-state index contributed by atoms with van der Waals surface area (Å²) >= 11 is 0. The van der Waals surface area contributed by atoms with Gasteiger partial charge in [0.25, 0.3) is 0 Å². The molecule has 1 aromatic rings. The number of allylic oxidation sites excluding steroid dienone is 1. The quantitative estimate of drug-likeness (QED) is 0.523. The minimum atomic E-state index is -0.819. The van der Waals surface area contributed by atoms with Crippen molar-refractivity contribution in [2.45, 2.75) is 85.5 Å². The van der Waals surface area contributed by atoms with Gasteiger partial charge in [-0.05, 0) is 103 Å². The molecule has 166 valence electrons. The van der Waals surface area contributed by atoms with Crippen LogP contribution in [-0.2, 0) is 11.2 Å². The smallest absolute Gasteiger partial charge is 0.327 e. The fourth-order valence-electron chi connectivity index (χ4n) is 8.58. The highest BCUT2D eigenvalue weighted by Gasteiger charge is 2.61. The summed E-state index contributed by atoms with van der Waals surface area (Å²) in [5, 5.41) is 9.26. The molecule has 1 aromatic heterocycles. The molecular weight excluding hydrogens is 372 g/mol. The van der Waals surface area contributed by atoms with Crippen LogP contribution in [0.3, 0.4) is 0 Å². The lowest BCUT2D eigenvalue weighted by molar-refractivity contribution is -0.171. The molecule has 0 aliphatic heterocycles. The van der Waals surface area contributed by atoms with Gasteiger partial charge < -0.3 is 9.52 Å². The van der Waals surface area contributed by atoms with Crippen LogP contribution in [-0.4, -0.2) is 11.1 Å². The van der Waals surface area contributed by atoms with E-state index in [4.69, 9.17) is 4.42 Å². The van der Waals surface area contributed by atoms with Crippen LogP contribution in [0, 0.1) is 39.9 Å². The molecule has 1 N–H and O–H groups in total. The van der Waals surface area contributed by atoms with Gasteiger partial charge in [0.05, 0.1) is 12.5 Å². The zero-order chi connectivity index (χ0) is 21.6. The number of hydrogen-bond donors (Lipinski definition) is 1. The second kappa shape index (κ2) is 7.88. The molecule has 0 aromatic carbocycles. The lowest BCUT2D eigenvalue weighted by atomic mass is 9.38. The summed E-state index contributed by atoms with van der Waals surface area (Å²) in [5.41, 5.74) is 2.42. The molecule has 3 saturated carbocycles. The number of hydrogen-bond acceptors (Lipinski definition) is 2. The van der Waals surface area contributed by atoms with E-state index in [0.29, 0.717) is 22.7 Å². The van der Waals surface area contributed by atoms with E-state index in [1.165, 1.54) is 50.2 Å². The molecule has 0 unspecified atom stereocenters. The van der Waals surface area contributed by atoms with Crippen LogP contribution in [0.1, 0.15) is 84.6 Å². The van der Waals surface area contributed by atoms with Crippen molar-refractivity contribution in [3.8, 4) is 0 Å². The van der Waals surface area contributed by atoms with Crippen LogP contribution in [0.15, 0.2) is 35.2 Å². The topological polar surface area (TPSA) is 50.4 Å². The Morgan fingerprint density at radius 3 is 2.60 bits per heavy atom. The zero-order valence-corrected chi connectivity index (χ0v) is 19.3. The molecule has 0 radical (unpaired) electrons. The van der Waals surface area contributed by atoms with Gasteiger partial charge in [0, 0.05) is 6.08 Å². The van der Waals surface area contributed by atoms with Crippen molar-refractivity contribution < 1.29 is 14.3 Å². The molecule has 4 rings (SSSR count). The first-order valence-electron chi connectivity index (χ1n) is 12.1. The van der Waals surface area contributed by atoms with Gasteiger partial charge in [-0.3, -0.25) is 0 Å². The number of carboxylic acids is 1. The van der Waals surface area contributed by atoms with Crippen LogP contribution >= 0.6 is 0 Å². The minimum Gasteiger partial charge on any atom is -0.478 e. The first kappa shape index (κ1) is 21.7. The number of carbonyl (C=O) groups is 1. The van der Waals surface area contributed by atoms with Gasteiger partial charge in [-0.25, -0.2) is 4.79 Å². The first-order chi connectivity index (χ1) is 14.2. The summed E-state index contributed by atoms with van der Waals surface area (Å²) in [5.74, 6) is 1.64. The van der Waals surface area contributed by atoms with Crippen molar-refractivity contribution in [3.05, 3.63) is 36.3 Å². The predicted octanol–water partition coefficient (Wildman–Crippen LogP) is 7.13. The largest absolute Gasteiger partial charge is 0.478 e. The first-order valence-corrected chi connectivity index (χ1v) is 12.1. The average molecular weight is 413 g/mol. The van der Waals surface area contributed by atoms with Crippen molar-refractivity contribution >= 4 is 5.97 Å². The van der Waals surface area contributed by atoms with Crippen molar-refractivity contribution in [2.24, 2.45) is 39.9 Å². The highest BCUT2D eigenvalue weighted by atomic mass is 16.4. The summed E-state index contributed by atoms with van der Waals surface area (Å²) < 4.78 is 5.31. The summed E-state index contributed by atoms with van der Waals surface area (Å²) in [6.45, 7) is 10.2. The third kappa shape index (κ3) is 3.67. The molecule has 3 heteroatoms. The summed E-state index contributed by atoms with van der Waals surface area (Å²) in [7, 11) is 0. The van der Waals surface area contributed by atoms with Crippen LogP contribution in [0.2, 0.25) is 0 Å². The van der Waals surface area contributed by atoms with E-state index in [9.17, 15) is 9.90 Å². The van der Waals surface area contributed by atoms with Gasteiger partial charge in [0.1, 0.15) is 0 Å². The van der Waals surface area contributed by atoms with Crippen LogP contribution in [0.4, 0.5) is 0 Å². The molecule has 0 bridgehead atoms. The summed E-state index contributed by atoms with van der Waals surface area (Å²) in [6.07, 6.45) is 18.3. The maximum atomic E-state index is 11.3. The lowest BCUT2D eigenvalue weighted by Gasteiger charge is -2.66. The standard InChI is InChI=1S/C27H40O3/c1-25(2)14-5-15-27(4)22(25)12-16-26(3)21(9-6-19-13-17-30-18-19)20(7-10-23(26)27)8-11-24(28)29/h8,11,13,17-18,20-23H,5-7,9-10,12,14-16H2,1-4H3,(H,28,29)/b11-8+/t20-,21+,22+,23+,26-,27+/m1/s1. The Kier molecular flexibility index (Phi) is 5.70. The van der Waals surface area contributed by atoms with Crippen molar-refractivity contribution in [3.63, 3.8) is 0 Å². The highest BCUT2D eigenvalue weighted by molar-refractivity contribution is 5.79. The number of carboxylic acid groups (broad SMARTS) is 1. The Morgan fingerprint density at radius 2 is 1.90 bits per heavy atom. The SMILES string of the molecule is CC1(C)CCC[C@]2(C)[C@H]3CC[C@H](/C=C/C(=O)O)[C@H](CCc4ccoc4)[C@@]3(C)CC[C@@H]12. The van der Waals surface area contributed by atoms with Gasteiger partial charge in [-0.15, -0.1) is 0 Å². The Labute approximate surface area is 182 Å². The van der Waals surface area contributed by atoms with Gasteiger partial charge >= 0.3 is 5.97 Å². The average Bonchev–Trinajstić information content (AvgIpc) is 3.17. The van der Waals surface area contributed by atoms with Gasteiger partial charge in [0.15, 0.2) is 0 Å². The second-order valence-electron chi connectivity index (χ2n) is 11.7. The molecule has 3 fully saturated rings. The van der Waals surface area contributed by atoms with Crippen LogP contribution in [0.25, 0.3) is 0 Å². The van der Waals surface area contributed by atoms with Gasteiger partial charge in [-0.1, -0.05) is 40.2 Å². The number of rotatable bonds is 5. The van der Waals surface area contributed by atoms with Crippen LogP contribution < -0.4 is 0 Å². The fourth-order valence-corrected chi connectivity index (χ4v) is 8.58. The molecule has 0 saturated heterocycles. The van der Waals surface area contributed by atoms with Crippen LogP contribution in [0.5, 0.6) is 0 Å². The maximum absolute atomic E-state index is 11.3. The van der Waals surface area contributed by atoms with Crippen molar-refractivity contribution in [1.29, 1.82) is 0 Å². The van der Waals surface area contributed by atoms with Gasteiger partial charge in [-0.2, -0.15) is 0 Å². The normalized spacial score (nSPS) is 40.7. The monoisotopic (exact) mass is 412 g/mol. The molecule has 3 aliphatic rings. The maximum Gasteiger partial charge on any atom is 0.327 e. The Hall–Kier alpha value is -1.51. The van der Waals surface area contributed by atoms with E-state index in [1.807, 2.05) is 12.3 Å². The Balaban J connectivity index is 1.65. The van der Waals surface area contributed by atoms with E-state index in [2.05, 4.69) is 33.8 Å². The summed E-state index contributed by atoms with van der Waals surface area (Å²) in [6, 6.07) is 2.08. The summed E-state index contributed by atoms with van der Waals surface area (Å²) in [4.78, 5) is 11.3. The van der Waals surface area contributed by atoms with Crippen molar-refractivity contribution in [2.75, 3.05) is 0 Å². The van der Waals surface area contributed by atoms with E-state index in [-0.39, 0.29) is 5.41 Å². The molecule has 6 atom stereocenters. The zero-order valence-electron chi connectivity index (χ0n) is 19.3. The van der Waals surface area contributed by atoms with Crippen molar-refractivity contribution in [1.82, 2.24) is 0 Å². The minimum absolute atomic E-state index is 0.286. The molecule has 3 aliphatic carbocycles. The van der Waals surface area contributed by atoms with E-state index in [0.717, 1.165) is 31.1 Å². The third-order valence-corrected chi connectivity index (χ3v) is 9.80. The highest BCUT2D eigenvalue weighted by Crippen LogP contribution is 2.69. The lowest BCUT2D eigenvalue weighted by Crippen LogP contribution is -2.59. The van der Waals surface area contributed by atoms with E-state index >= 15 is 0 Å². The number of aryl methyl sites for hydroxylation is 1. The second-order valence-corrected chi connectivity index (χ2v) is 11.7. The number of aliphatic carboxylic acids is 1. The molecule has 0 amide bonds. The van der Waals surface area contributed by atoms with E-state index < -0.39 is 5.97 Å². The molecule has 0 spiro atoms. The molecule has 1 heterocycles.